The second-order valence-electron chi connectivity index (χ2n) is 5.78. The summed E-state index contributed by atoms with van der Waals surface area (Å²) in [6.45, 7) is 4.22. The van der Waals surface area contributed by atoms with Crippen LogP contribution < -0.4 is 0 Å². The predicted octanol–water partition coefficient (Wildman–Crippen LogP) is 3.40. The van der Waals surface area contributed by atoms with Crippen molar-refractivity contribution in [2.45, 2.75) is 18.9 Å². The Morgan fingerprint density at radius 1 is 1.14 bits per heavy atom. The molecule has 3 nitrogen and oxygen atoms in total. The molecule has 3 aliphatic heterocycles. The first kappa shape index (κ1) is 13.5. The Kier molecular flexibility index (Phi) is 3.57. The molecule has 0 aromatic carbocycles. The molecule has 1 amide bonds. The van der Waals surface area contributed by atoms with Crippen molar-refractivity contribution in [3.8, 4) is 10.4 Å². The highest BCUT2D eigenvalue weighted by Gasteiger charge is 2.32. The van der Waals surface area contributed by atoms with E-state index < -0.39 is 0 Å². The van der Waals surface area contributed by atoms with Gasteiger partial charge in [0, 0.05) is 48.0 Å². The van der Waals surface area contributed by atoms with E-state index in [9.17, 15) is 4.79 Å². The number of hydrogen-bond acceptors (Lipinski definition) is 4. The van der Waals surface area contributed by atoms with Crippen molar-refractivity contribution >= 4 is 28.6 Å². The maximum Gasteiger partial charge on any atom is 0.255 e. The highest BCUT2D eigenvalue weighted by molar-refractivity contribution is 7.14. The van der Waals surface area contributed by atoms with E-state index in [0.717, 1.165) is 44.6 Å². The fourth-order valence-electron chi connectivity index (χ4n) is 3.32. The second kappa shape index (κ2) is 5.55. The molecule has 110 valence electrons. The summed E-state index contributed by atoms with van der Waals surface area (Å²) in [6.07, 6.45) is 2.26. The van der Waals surface area contributed by atoms with Crippen molar-refractivity contribution in [3.05, 3.63) is 33.8 Å². The van der Waals surface area contributed by atoms with Crippen molar-refractivity contribution in [1.29, 1.82) is 0 Å². The normalized spacial score (nSPS) is 25.0. The molecule has 2 aromatic heterocycles. The largest absolute Gasteiger partial charge is 0.334 e. The Labute approximate surface area is 132 Å². The van der Waals surface area contributed by atoms with Gasteiger partial charge in [-0.1, -0.05) is 0 Å². The summed E-state index contributed by atoms with van der Waals surface area (Å²) in [7, 11) is 0. The number of nitrogens with zero attached hydrogens (tertiary/aromatic N) is 2. The second-order valence-corrected chi connectivity index (χ2v) is 7.47. The Morgan fingerprint density at radius 2 is 2.00 bits per heavy atom. The number of carbonyl (C=O) groups excluding carboxylic acids is 1. The van der Waals surface area contributed by atoms with Crippen molar-refractivity contribution in [2.75, 3.05) is 26.2 Å². The van der Waals surface area contributed by atoms with E-state index >= 15 is 0 Å². The summed E-state index contributed by atoms with van der Waals surface area (Å²) >= 11 is 3.37. The van der Waals surface area contributed by atoms with Gasteiger partial charge < -0.3 is 9.80 Å². The highest BCUT2D eigenvalue weighted by atomic mass is 32.1. The van der Waals surface area contributed by atoms with Crippen molar-refractivity contribution in [3.63, 3.8) is 0 Å². The fraction of sp³-hybridized carbons (Fsp3) is 0.438. The van der Waals surface area contributed by atoms with Crippen LogP contribution in [0, 0.1) is 0 Å². The van der Waals surface area contributed by atoms with E-state index in [1.165, 1.54) is 10.4 Å². The number of rotatable bonds is 2. The highest BCUT2D eigenvalue weighted by Crippen LogP contribution is 2.30. The van der Waals surface area contributed by atoms with E-state index in [1.807, 2.05) is 5.38 Å². The molecule has 3 fully saturated rings. The van der Waals surface area contributed by atoms with E-state index in [2.05, 4.69) is 32.7 Å². The van der Waals surface area contributed by atoms with Gasteiger partial charge in [-0.2, -0.15) is 11.3 Å². The maximum absolute atomic E-state index is 12.8. The molecule has 5 heterocycles. The Morgan fingerprint density at radius 3 is 2.76 bits per heavy atom. The first-order chi connectivity index (χ1) is 10.3. The van der Waals surface area contributed by atoms with Crippen molar-refractivity contribution in [1.82, 2.24) is 9.80 Å². The van der Waals surface area contributed by atoms with Crippen LogP contribution in [0.2, 0.25) is 0 Å². The van der Waals surface area contributed by atoms with Crippen LogP contribution >= 0.6 is 22.7 Å². The number of fused-ring (bicyclic) bond motifs is 4. The van der Waals surface area contributed by atoms with Gasteiger partial charge in [-0.3, -0.25) is 4.79 Å². The van der Waals surface area contributed by atoms with Crippen LogP contribution in [0.15, 0.2) is 28.3 Å². The van der Waals surface area contributed by atoms with Gasteiger partial charge in [0.1, 0.15) is 0 Å². The average molecular weight is 318 g/mol. The molecule has 0 N–H and O–H groups in total. The van der Waals surface area contributed by atoms with E-state index in [4.69, 9.17) is 0 Å². The molecule has 0 saturated carbocycles. The molecule has 0 radical (unpaired) electrons. The third kappa shape index (κ3) is 2.54. The molecule has 2 aromatic rings. The quantitative estimate of drug-likeness (QED) is 0.847. The third-order valence-electron chi connectivity index (χ3n) is 4.57. The van der Waals surface area contributed by atoms with Crippen LogP contribution in [0.25, 0.3) is 10.4 Å². The third-order valence-corrected chi connectivity index (χ3v) is 6.23. The standard InChI is InChI=1S/C16H18N2OS2/c19-16(18-7-6-17-4-1-14(18)2-5-17)13-9-15(21-11-13)12-3-8-20-10-12/h3,8-11,14H,1-2,4-7H2. The van der Waals surface area contributed by atoms with E-state index in [-0.39, 0.29) is 5.91 Å². The van der Waals surface area contributed by atoms with E-state index in [1.54, 1.807) is 22.7 Å². The summed E-state index contributed by atoms with van der Waals surface area (Å²) in [5.41, 5.74) is 2.09. The lowest BCUT2D eigenvalue weighted by atomic mass is 10.0. The topological polar surface area (TPSA) is 23.6 Å². The monoisotopic (exact) mass is 318 g/mol. The molecular formula is C16H18N2OS2. The number of piperidine rings is 1. The van der Waals surface area contributed by atoms with Crippen LogP contribution in [0.3, 0.4) is 0 Å². The number of thiophene rings is 2. The fourth-order valence-corrected chi connectivity index (χ4v) is 4.94. The first-order valence-corrected chi connectivity index (χ1v) is 9.28. The lowest BCUT2D eigenvalue weighted by Crippen LogP contribution is -2.41. The molecule has 5 heteroatoms. The van der Waals surface area contributed by atoms with E-state index in [0.29, 0.717) is 6.04 Å². The molecule has 5 rings (SSSR count). The Hall–Kier alpha value is -1.17. The SMILES string of the molecule is O=C(c1csc(-c2ccsc2)c1)N1CCN2CCC1CC2. The van der Waals surface area contributed by atoms with Crippen LogP contribution in [-0.4, -0.2) is 47.9 Å². The van der Waals surface area contributed by atoms with Gasteiger partial charge in [0.2, 0.25) is 0 Å². The molecule has 3 aliphatic rings. The van der Waals surface area contributed by atoms with Gasteiger partial charge >= 0.3 is 0 Å². The Bertz CT molecular complexity index is 627. The zero-order valence-corrected chi connectivity index (χ0v) is 13.5. The summed E-state index contributed by atoms with van der Waals surface area (Å²) in [6, 6.07) is 4.62. The summed E-state index contributed by atoms with van der Waals surface area (Å²) < 4.78 is 0. The zero-order chi connectivity index (χ0) is 14.2. The van der Waals surface area contributed by atoms with Gasteiger partial charge in [0.05, 0.1) is 5.56 Å². The molecule has 3 saturated heterocycles. The summed E-state index contributed by atoms with van der Waals surface area (Å²) in [5.74, 6) is 0.224. The lowest BCUT2D eigenvalue weighted by Gasteiger charge is -2.31. The minimum Gasteiger partial charge on any atom is -0.334 e. The first-order valence-electron chi connectivity index (χ1n) is 7.46. The minimum absolute atomic E-state index is 0.224. The molecule has 0 spiro atoms. The van der Waals surface area contributed by atoms with Gasteiger partial charge in [-0.15, -0.1) is 11.3 Å². The Balaban J connectivity index is 1.57. The number of hydrogen-bond donors (Lipinski definition) is 0. The van der Waals surface area contributed by atoms with Gasteiger partial charge in [-0.25, -0.2) is 0 Å². The smallest absolute Gasteiger partial charge is 0.255 e. The van der Waals surface area contributed by atoms with Crippen molar-refractivity contribution in [2.24, 2.45) is 0 Å². The summed E-state index contributed by atoms with van der Waals surface area (Å²) in [4.78, 5) is 18.6. The van der Waals surface area contributed by atoms with Crippen LogP contribution in [-0.2, 0) is 0 Å². The minimum atomic E-state index is 0.224. The molecule has 0 atom stereocenters. The van der Waals surface area contributed by atoms with Gasteiger partial charge in [-0.05, 0) is 35.7 Å². The van der Waals surface area contributed by atoms with Gasteiger partial charge in [0.25, 0.3) is 5.91 Å². The number of amides is 1. The molecule has 0 aliphatic carbocycles. The van der Waals surface area contributed by atoms with Crippen LogP contribution in [0.5, 0.6) is 0 Å². The van der Waals surface area contributed by atoms with Crippen LogP contribution in [0.4, 0.5) is 0 Å². The molecule has 2 bridgehead atoms. The van der Waals surface area contributed by atoms with Crippen LogP contribution in [0.1, 0.15) is 23.2 Å². The summed E-state index contributed by atoms with van der Waals surface area (Å²) in [5, 5.41) is 6.24. The maximum atomic E-state index is 12.8. The number of carbonyl (C=O) groups is 1. The average Bonchev–Trinajstić information content (AvgIpc) is 3.12. The van der Waals surface area contributed by atoms with Crippen molar-refractivity contribution < 1.29 is 4.79 Å². The molecule has 0 unspecified atom stereocenters. The zero-order valence-electron chi connectivity index (χ0n) is 11.8. The molecule has 21 heavy (non-hydrogen) atoms. The van der Waals surface area contributed by atoms with Gasteiger partial charge in [0.15, 0.2) is 0 Å². The molecular weight excluding hydrogens is 300 g/mol. The lowest BCUT2D eigenvalue weighted by molar-refractivity contribution is 0.0685. The predicted molar refractivity (Wildman–Crippen MR) is 88.1 cm³/mol.